The molecule has 1 aromatic carbocycles. The topological polar surface area (TPSA) is 61.8 Å². The summed E-state index contributed by atoms with van der Waals surface area (Å²) < 4.78 is 5.65. The summed E-state index contributed by atoms with van der Waals surface area (Å²) in [7, 11) is 1.70. The van der Waals surface area contributed by atoms with Crippen LogP contribution in [0.1, 0.15) is 37.0 Å². The Kier molecular flexibility index (Phi) is 8.34. The smallest absolute Gasteiger partial charge is 0.191 e. The Morgan fingerprint density at radius 3 is 2.73 bits per heavy atom. The average molecular weight is 430 g/mol. The molecule has 162 valence electrons. The highest BCUT2D eigenvalue weighted by Gasteiger charge is 2.21. The minimum absolute atomic E-state index is 0.131. The first-order valence-corrected chi connectivity index (χ1v) is 11.0. The molecule has 2 heterocycles. The Labute approximate surface area is 184 Å². The van der Waals surface area contributed by atoms with Crippen LogP contribution in [0.2, 0.25) is 5.02 Å². The number of halogens is 1. The highest BCUT2D eigenvalue weighted by atomic mass is 35.5. The molecule has 7 heteroatoms. The SMILES string of the molecule is CCNC(=NCC(OC)c1cccc(Cl)c1)NC1CCN(c2ccc(C)cn2)CC1. The molecule has 1 fully saturated rings. The maximum absolute atomic E-state index is 6.13. The lowest BCUT2D eigenvalue weighted by Gasteiger charge is -2.34. The van der Waals surface area contributed by atoms with Crippen molar-refractivity contribution in [2.24, 2.45) is 4.99 Å². The van der Waals surface area contributed by atoms with E-state index in [0.717, 1.165) is 49.8 Å². The Morgan fingerprint density at radius 2 is 2.10 bits per heavy atom. The van der Waals surface area contributed by atoms with E-state index in [1.54, 1.807) is 7.11 Å². The van der Waals surface area contributed by atoms with E-state index in [4.69, 9.17) is 21.3 Å². The van der Waals surface area contributed by atoms with Gasteiger partial charge in [-0.25, -0.2) is 4.98 Å². The van der Waals surface area contributed by atoms with Gasteiger partial charge in [0.1, 0.15) is 11.9 Å². The largest absolute Gasteiger partial charge is 0.375 e. The van der Waals surface area contributed by atoms with Crippen molar-refractivity contribution in [2.75, 3.05) is 38.2 Å². The molecule has 0 amide bonds. The summed E-state index contributed by atoms with van der Waals surface area (Å²) in [6.07, 6.45) is 3.89. The number of anilines is 1. The fourth-order valence-electron chi connectivity index (χ4n) is 3.61. The minimum atomic E-state index is -0.131. The van der Waals surface area contributed by atoms with Crippen molar-refractivity contribution in [3.63, 3.8) is 0 Å². The van der Waals surface area contributed by atoms with Crippen LogP contribution in [0.4, 0.5) is 5.82 Å². The lowest BCUT2D eigenvalue weighted by atomic mass is 10.1. The van der Waals surface area contributed by atoms with E-state index in [-0.39, 0.29) is 6.10 Å². The molecule has 0 aliphatic carbocycles. The lowest BCUT2D eigenvalue weighted by Crippen LogP contribution is -2.49. The van der Waals surface area contributed by atoms with Crippen molar-refractivity contribution < 1.29 is 4.74 Å². The highest BCUT2D eigenvalue weighted by molar-refractivity contribution is 6.30. The predicted molar refractivity (Wildman–Crippen MR) is 125 cm³/mol. The molecule has 1 aliphatic rings. The zero-order valence-electron chi connectivity index (χ0n) is 18.1. The van der Waals surface area contributed by atoms with Gasteiger partial charge in [0.25, 0.3) is 0 Å². The van der Waals surface area contributed by atoms with Crippen LogP contribution in [0.5, 0.6) is 0 Å². The first kappa shape index (κ1) is 22.4. The number of methoxy groups -OCH3 is 1. The standard InChI is InChI=1S/C23H32ClN5O/c1-4-25-23(27-16-21(30-3)18-6-5-7-19(24)14-18)28-20-10-12-29(13-11-20)22-9-8-17(2)15-26-22/h5-9,14-15,20-21H,4,10-13,16H2,1-3H3,(H2,25,27,28). The first-order valence-electron chi connectivity index (χ1n) is 10.6. The van der Waals surface area contributed by atoms with Crippen LogP contribution in [-0.2, 0) is 4.74 Å². The fourth-order valence-corrected chi connectivity index (χ4v) is 3.81. The van der Waals surface area contributed by atoms with Crippen LogP contribution in [0.15, 0.2) is 47.6 Å². The summed E-state index contributed by atoms with van der Waals surface area (Å²) in [4.78, 5) is 11.7. The summed E-state index contributed by atoms with van der Waals surface area (Å²) in [5.74, 6) is 1.89. The maximum Gasteiger partial charge on any atom is 0.191 e. The van der Waals surface area contributed by atoms with Gasteiger partial charge in [-0.1, -0.05) is 29.8 Å². The molecule has 2 aromatic rings. The molecular formula is C23H32ClN5O. The third kappa shape index (κ3) is 6.34. The number of aromatic nitrogens is 1. The van der Waals surface area contributed by atoms with Gasteiger partial charge in [0.05, 0.1) is 6.54 Å². The van der Waals surface area contributed by atoms with Crippen LogP contribution in [0, 0.1) is 6.92 Å². The van der Waals surface area contributed by atoms with Gasteiger partial charge in [-0.2, -0.15) is 0 Å². The van der Waals surface area contributed by atoms with Crippen LogP contribution in [0.3, 0.4) is 0 Å². The number of guanidine groups is 1. The number of rotatable bonds is 7. The molecular weight excluding hydrogens is 398 g/mol. The molecule has 1 aliphatic heterocycles. The Balaban J connectivity index is 1.56. The highest BCUT2D eigenvalue weighted by Crippen LogP contribution is 2.21. The molecule has 0 radical (unpaired) electrons. The van der Waals surface area contributed by atoms with E-state index in [0.29, 0.717) is 17.6 Å². The first-order chi connectivity index (χ1) is 14.6. The van der Waals surface area contributed by atoms with E-state index in [1.165, 1.54) is 5.56 Å². The maximum atomic E-state index is 6.13. The molecule has 1 unspecified atom stereocenters. The van der Waals surface area contributed by atoms with Gasteiger partial charge in [0.15, 0.2) is 5.96 Å². The van der Waals surface area contributed by atoms with E-state index < -0.39 is 0 Å². The molecule has 6 nitrogen and oxygen atoms in total. The second kappa shape index (κ2) is 11.2. The molecule has 0 saturated carbocycles. The second-order valence-electron chi connectivity index (χ2n) is 7.60. The van der Waals surface area contributed by atoms with Crippen molar-refractivity contribution in [1.82, 2.24) is 15.6 Å². The van der Waals surface area contributed by atoms with Crippen molar-refractivity contribution >= 4 is 23.4 Å². The van der Waals surface area contributed by atoms with Crippen molar-refractivity contribution in [3.8, 4) is 0 Å². The third-order valence-corrected chi connectivity index (χ3v) is 5.56. The average Bonchev–Trinajstić information content (AvgIpc) is 2.75. The number of aliphatic imine (C=N–C) groups is 1. The van der Waals surface area contributed by atoms with E-state index in [2.05, 4.69) is 46.5 Å². The number of piperidine rings is 1. The molecule has 0 bridgehead atoms. The van der Waals surface area contributed by atoms with Crippen molar-refractivity contribution in [1.29, 1.82) is 0 Å². The van der Waals surface area contributed by atoms with Crippen molar-refractivity contribution in [3.05, 3.63) is 58.7 Å². The normalized spacial score (nSPS) is 16.4. The van der Waals surface area contributed by atoms with Gasteiger partial charge in [0, 0.05) is 44.0 Å². The van der Waals surface area contributed by atoms with Crippen LogP contribution >= 0.6 is 11.6 Å². The second-order valence-corrected chi connectivity index (χ2v) is 8.03. The van der Waals surface area contributed by atoms with Gasteiger partial charge in [-0.05, 0) is 56.0 Å². The van der Waals surface area contributed by atoms with Crippen LogP contribution in [0.25, 0.3) is 0 Å². The summed E-state index contributed by atoms with van der Waals surface area (Å²) in [6.45, 7) is 7.44. The van der Waals surface area contributed by atoms with Gasteiger partial charge in [-0.15, -0.1) is 0 Å². The minimum Gasteiger partial charge on any atom is -0.375 e. The number of benzene rings is 1. The number of nitrogens with zero attached hydrogens (tertiary/aromatic N) is 3. The van der Waals surface area contributed by atoms with Gasteiger partial charge < -0.3 is 20.3 Å². The molecule has 3 rings (SSSR count). The Hall–Kier alpha value is -2.31. The van der Waals surface area contributed by atoms with Gasteiger partial charge in [-0.3, -0.25) is 4.99 Å². The number of aryl methyl sites for hydroxylation is 1. The molecule has 2 N–H and O–H groups in total. The van der Waals surface area contributed by atoms with E-state index in [9.17, 15) is 0 Å². The number of hydrogen-bond donors (Lipinski definition) is 2. The van der Waals surface area contributed by atoms with E-state index in [1.807, 2.05) is 30.5 Å². The van der Waals surface area contributed by atoms with Gasteiger partial charge in [0.2, 0.25) is 0 Å². The van der Waals surface area contributed by atoms with Gasteiger partial charge >= 0.3 is 0 Å². The molecule has 1 aromatic heterocycles. The molecule has 1 saturated heterocycles. The Morgan fingerprint density at radius 1 is 1.30 bits per heavy atom. The zero-order valence-corrected chi connectivity index (χ0v) is 18.8. The number of hydrogen-bond acceptors (Lipinski definition) is 4. The predicted octanol–water partition coefficient (Wildman–Crippen LogP) is 3.96. The van der Waals surface area contributed by atoms with Crippen LogP contribution in [-0.4, -0.2) is 50.3 Å². The summed E-state index contributed by atoms with van der Waals surface area (Å²) in [5, 5.41) is 7.65. The Bertz CT molecular complexity index is 819. The van der Waals surface area contributed by atoms with Crippen molar-refractivity contribution in [2.45, 2.75) is 38.8 Å². The summed E-state index contributed by atoms with van der Waals surface area (Å²) in [6, 6.07) is 12.4. The molecule has 0 spiro atoms. The number of nitrogens with one attached hydrogen (secondary N) is 2. The summed E-state index contributed by atoms with van der Waals surface area (Å²) >= 11 is 6.13. The zero-order chi connectivity index (χ0) is 21.3. The van der Waals surface area contributed by atoms with Crippen LogP contribution < -0.4 is 15.5 Å². The fraction of sp³-hybridized carbons (Fsp3) is 0.478. The number of ether oxygens (including phenoxy) is 1. The number of pyridine rings is 1. The summed E-state index contributed by atoms with van der Waals surface area (Å²) in [5.41, 5.74) is 2.22. The third-order valence-electron chi connectivity index (χ3n) is 5.32. The molecule has 30 heavy (non-hydrogen) atoms. The quantitative estimate of drug-likeness (QED) is 0.515. The lowest BCUT2D eigenvalue weighted by molar-refractivity contribution is 0.111. The molecule has 1 atom stereocenters. The monoisotopic (exact) mass is 429 g/mol. The van der Waals surface area contributed by atoms with E-state index >= 15 is 0 Å².